The summed E-state index contributed by atoms with van der Waals surface area (Å²) < 4.78 is 5.14. The number of hydrogen-bond acceptors (Lipinski definition) is 2. The molecule has 0 aliphatic carbocycles. The van der Waals surface area contributed by atoms with Crippen molar-refractivity contribution in [2.45, 2.75) is 13.3 Å². The summed E-state index contributed by atoms with van der Waals surface area (Å²) in [6.07, 6.45) is 4.92. The Morgan fingerprint density at radius 1 is 1.44 bits per heavy atom. The summed E-state index contributed by atoms with van der Waals surface area (Å²) in [6.45, 7) is 4.24. The van der Waals surface area contributed by atoms with Gasteiger partial charge in [0.25, 0.3) is 0 Å². The molecule has 0 atom stereocenters. The van der Waals surface area contributed by atoms with Crippen LogP contribution in [-0.2, 0) is 4.74 Å². The van der Waals surface area contributed by atoms with Crippen molar-refractivity contribution in [1.29, 1.82) is 0 Å². The van der Waals surface area contributed by atoms with Gasteiger partial charge < -0.3 is 10.5 Å². The molecule has 0 bridgehead atoms. The van der Waals surface area contributed by atoms with E-state index in [2.05, 4.69) is 6.92 Å². The van der Waals surface area contributed by atoms with Crippen molar-refractivity contribution in [3.63, 3.8) is 0 Å². The van der Waals surface area contributed by atoms with Gasteiger partial charge in [0.1, 0.15) is 0 Å². The van der Waals surface area contributed by atoms with Gasteiger partial charge in [-0.2, -0.15) is 0 Å². The second-order valence-electron chi connectivity index (χ2n) is 1.78. The SMILES string of the molecule is CCCOCC=CCN. The molecule has 0 aromatic rings. The van der Waals surface area contributed by atoms with Crippen LogP contribution in [0.25, 0.3) is 0 Å². The molecule has 0 spiro atoms. The maximum Gasteiger partial charge on any atom is 0.0647 e. The van der Waals surface area contributed by atoms with Gasteiger partial charge in [0.15, 0.2) is 0 Å². The van der Waals surface area contributed by atoms with Gasteiger partial charge in [-0.05, 0) is 6.42 Å². The predicted molar refractivity (Wildman–Crippen MR) is 39.3 cm³/mol. The maximum atomic E-state index is 5.20. The van der Waals surface area contributed by atoms with Crippen LogP contribution in [0.4, 0.5) is 0 Å². The van der Waals surface area contributed by atoms with Gasteiger partial charge in [0.2, 0.25) is 0 Å². The standard InChI is InChI=1S/C7H15NO/c1-2-6-9-7-4-3-5-8/h3-4H,2,5-8H2,1H3. The Morgan fingerprint density at radius 2 is 2.22 bits per heavy atom. The average Bonchev–Trinajstić information content (AvgIpc) is 1.89. The van der Waals surface area contributed by atoms with Crippen LogP contribution in [0, 0.1) is 0 Å². The molecule has 0 aliphatic heterocycles. The molecule has 2 heteroatoms. The van der Waals surface area contributed by atoms with Crippen LogP contribution in [0.2, 0.25) is 0 Å². The van der Waals surface area contributed by atoms with Crippen LogP contribution in [0.1, 0.15) is 13.3 Å². The van der Waals surface area contributed by atoms with Crippen LogP contribution in [-0.4, -0.2) is 19.8 Å². The minimum Gasteiger partial charge on any atom is -0.377 e. The van der Waals surface area contributed by atoms with E-state index in [9.17, 15) is 0 Å². The van der Waals surface area contributed by atoms with Crippen molar-refractivity contribution in [3.05, 3.63) is 12.2 Å². The lowest BCUT2D eigenvalue weighted by molar-refractivity contribution is 0.163. The zero-order valence-electron chi connectivity index (χ0n) is 5.97. The lowest BCUT2D eigenvalue weighted by atomic mass is 10.5. The molecule has 9 heavy (non-hydrogen) atoms. The molecule has 0 heterocycles. The monoisotopic (exact) mass is 129 g/mol. The summed E-state index contributed by atoms with van der Waals surface area (Å²) in [5, 5.41) is 0. The van der Waals surface area contributed by atoms with Gasteiger partial charge in [-0.1, -0.05) is 19.1 Å². The van der Waals surface area contributed by atoms with Crippen LogP contribution in [0.5, 0.6) is 0 Å². The fraction of sp³-hybridized carbons (Fsp3) is 0.714. The topological polar surface area (TPSA) is 35.2 Å². The van der Waals surface area contributed by atoms with Gasteiger partial charge in [0.05, 0.1) is 6.61 Å². The lowest BCUT2D eigenvalue weighted by Gasteiger charge is -1.94. The number of ether oxygens (including phenoxy) is 1. The average molecular weight is 129 g/mol. The lowest BCUT2D eigenvalue weighted by Crippen LogP contribution is -1.95. The first-order valence-corrected chi connectivity index (χ1v) is 3.34. The summed E-state index contributed by atoms with van der Waals surface area (Å²) in [4.78, 5) is 0. The highest BCUT2D eigenvalue weighted by Gasteiger charge is 1.77. The fourth-order valence-corrected chi connectivity index (χ4v) is 0.460. The molecule has 0 fully saturated rings. The van der Waals surface area contributed by atoms with Crippen LogP contribution >= 0.6 is 0 Å². The van der Waals surface area contributed by atoms with Crippen molar-refractivity contribution in [3.8, 4) is 0 Å². The molecule has 0 aromatic carbocycles. The Bertz CT molecular complexity index is 71.3. The van der Waals surface area contributed by atoms with Crippen molar-refractivity contribution >= 4 is 0 Å². The second kappa shape index (κ2) is 7.66. The quantitative estimate of drug-likeness (QED) is 0.442. The largest absolute Gasteiger partial charge is 0.377 e. The molecular weight excluding hydrogens is 114 g/mol. The number of rotatable bonds is 5. The third-order valence-corrected chi connectivity index (χ3v) is 0.865. The third kappa shape index (κ3) is 7.66. The van der Waals surface area contributed by atoms with Crippen molar-refractivity contribution in [2.75, 3.05) is 19.8 Å². The van der Waals surface area contributed by atoms with Gasteiger partial charge >= 0.3 is 0 Å². The molecule has 2 N–H and O–H groups in total. The molecule has 0 radical (unpaired) electrons. The van der Waals surface area contributed by atoms with Crippen LogP contribution < -0.4 is 5.73 Å². The molecule has 0 saturated heterocycles. The summed E-state index contributed by atoms with van der Waals surface area (Å²) in [7, 11) is 0. The minimum atomic E-state index is 0.607. The highest BCUT2D eigenvalue weighted by Crippen LogP contribution is 1.80. The van der Waals surface area contributed by atoms with E-state index < -0.39 is 0 Å². The third-order valence-electron chi connectivity index (χ3n) is 0.865. The number of nitrogens with two attached hydrogens (primary N) is 1. The first-order chi connectivity index (χ1) is 4.41. The highest BCUT2D eigenvalue weighted by molar-refractivity contribution is 4.81. The predicted octanol–water partition coefficient (Wildman–Crippen LogP) is 0.928. The molecule has 0 rings (SSSR count). The maximum absolute atomic E-state index is 5.20. The normalized spacial score (nSPS) is 10.9. The van der Waals surface area contributed by atoms with E-state index in [4.69, 9.17) is 10.5 Å². The molecule has 2 nitrogen and oxygen atoms in total. The smallest absolute Gasteiger partial charge is 0.0647 e. The Balaban J connectivity index is 2.82. The first kappa shape index (κ1) is 8.66. The Labute approximate surface area is 56.7 Å². The number of hydrogen-bond donors (Lipinski definition) is 1. The summed E-state index contributed by atoms with van der Waals surface area (Å²) in [5.74, 6) is 0. The van der Waals surface area contributed by atoms with E-state index in [0.29, 0.717) is 13.2 Å². The Kier molecular flexibility index (Phi) is 7.37. The molecular formula is C7H15NO. The van der Waals surface area contributed by atoms with Crippen LogP contribution in [0.15, 0.2) is 12.2 Å². The van der Waals surface area contributed by atoms with E-state index in [1.54, 1.807) is 0 Å². The Hall–Kier alpha value is -0.340. The van der Waals surface area contributed by atoms with Gasteiger partial charge in [0, 0.05) is 13.2 Å². The Morgan fingerprint density at radius 3 is 2.78 bits per heavy atom. The molecule has 0 unspecified atom stereocenters. The van der Waals surface area contributed by atoms with E-state index in [-0.39, 0.29) is 0 Å². The van der Waals surface area contributed by atoms with Crippen LogP contribution in [0.3, 0.4) is 0 Å². The van der Waals surface area contributed by atoms with Gasteiger partial charge in [-0.15, -0.1) is 0 Å². The van der Waals surface area contributed by atoms with Gasteiger partial charge in [-0.3, -0.25) is 0 Å². The summed E-state index contributed by atoms with van der Waals surface area (Å²) in [5.41, 5.74) is 5.20. The van der Waals surface area contributed by atoms with E-state index >= 15 is 0 Å². The highest BCUT2D eigenvalue weighted by atomic mass is 16.5. The molecule has 0 saturated carbocycles. The minimum absolute atomic E-state index is 0.607. The first-order valence-electron chi connectivity index (χ1n) is 3.34. The van der Waals surface area contributed by atoms with Gasteiger partial charge in [-0.25, -0.2) is 0 Å². The van der Waals surface area contributed by atoms with E-state index in [1.165, 1.54) is 0 Å². The zero-order valence-corrected chi connectivity index (χ0v) is 5.97. The summed E-state index contributed by atoms with van der Waals surface area (Å²) >= 11 is 0. The molecule has 54 valence electrons. The molecule has 0 aliphatic rings. The van der Waals surface area contributed by atoms with Crippen molar-refractivity contribution in [2.24, 2.45) is 5.73 Å². The summed E-state index contributed by atoms with van der Waals surface area (Å²) in [6, 6.07) is 0. The second-order valence-corrected chi connectivity index (χ2v) is 1.78. The molecule has 0 amide bonds. The zero-order chi connectivity index (χ0) is 6.95. The fourth-order valence-electron chi connectivity index (χ4n) is 0.460. The van der Waals surface area contributed by atoms with Crippen molar-refractivity contribution in [1.82, 2.24) is 0 Å². The van der Waals surface area contributed by atoms with Crippen molar-refractivity contribution < 1.29 is 4.74 Å². The van der Waals surface area contributed by atoms with E-state index in [0.717, 1.165) is 13.0 Å². The molecule has 0 aromatic heterocycles. The van der Waals surface area contributed by atoms with E-state index in [1.807, 2.05) is 12.2 Å².